The summed E-state index contributed by atoms with van der Waals surface area (Å²) >= 11 is 0. The molecule has 0 aromatic carbocycles. The number of hydrogen-bond acceptors (Lipinski definition) is 5. The molecule has 2 aromatic rings. The van der Waals surface area contributed by atoms with Crippen molar-refractivity contribution in [3.63, 3.8) is 0 Å². The molecule has 3 heterocycles. The van der Waals surface area contributed by atoms with Gasteiger partial charge in [-0.15, -0.1) is 0 Å². The van der Waals surface area contributed by atoms with E-state index in [9.17, 15) is 4.79 Å². The van der Waals surface area contributed by atoms with Gasteiger partial charge in [-0.05, 0) is 44.6 Å². The predicted molar refractivity (Wildman–Crippen MR) is 103 cm³/mol. The third kappa shape index (κ3) is 3.34. The van der Waals surface area contributed by atoms with Gasteiger partial charge in [0.15, 0.2) is 0 Å². The lowest BCUT2D eigenvalue weighted by atomic mass is 10.1. The molecule has 0 N–H and O–H groups in total. The number of nitrogens with zero attached hydrogens (tertiary/aromatic N) is 4. The molecule has 1 aliphatic carbocycles. The summed E-state index contributed by atoms with van der Waals surface area (Å²) in [4.78, 5) is 24.2. The zero-order valence-electron chi connectivity index (χ0n) is 15.8. The van der Waals surface area contributed by atoms with Gasteiger partial charge in [0.25, 0.3) is 5.56 Å². The van der Waals surface area contributed by atoms with Crippen molar-refractivity contribution in [3.05, 3.63) is 28.2 Å². The second kappa shape index (κ2) is 7.35. The van der Waals surface area contributed by atoms with Crippen LogP contribution in [0.15, 0.2) is 17.1 Å². The van der Waals surface area contributed by atoms with E-state index >= 15 is 0 Å². The molecule has 0 radical (unpaired) electrons. The molecule has 0 bridgehead atoms. The summed E-state index contributed by atoms with van der Waals surface area (Å²) in [6, 6.07) is 1.99. The van der Waals surface area contributed by atoms with Gasteiger partial charge in [-0.2, -0.15) is 4.98 Å². The maximum absolute atomic E-state index is 12.7. The summed E-state index contributed by atoms with van der Waals surface area (Å²) in [5.74, 6) is 0.670. The van der Waals surface area contributed by atoms with Gasteiger partial charge in [-0.25, -0.2) is 4.98 Å². The zero-order chi connectivity index (χ0) is 18.1. The average molecular weight is 356 g/mol. The van der Waals surface area contributed by atoms with Crippen LogP contribution >= 0.6 is 0 Å². The van der Waals surface area contributed by atoms with E-state index < -0.39 is 0 Å². The van der Waals surface area contributed by atoms with Crippen LogP contribution in [-0.2, 0) is 4.74 Å². The topological polar surface area (TPSA) is 60.2 Å². The molecular formula is C20H28N4O2. The highest BCUT2D eigenvalue weighted by molar-refractivity contribution is 5.79. The first kappa shape index (κ1) is 17.5. The lowest BCUT2D eigenvalue weighted by molar-refractivity contribution is 0.0214. The van der Waals surface area contributed by atoms with Crippen molar-refractivity contribution in [2.45, 2.75) is 64.0 Å². The maximum Gasteiger partial charge on any atom is 0.252 e. The van der Waals surface area contributed by atoms with Crippen LogP contribution in [0.3, 0.4) is 0 Å². The molecule has 1 aliphatic heterocycles. The van der Waals surface area contributed by atoms with E-state index in [1.165, 1.54) is 19.3 Å². The van der Waals surface area contributed by atoms with Crippen LogP contribution in [-0.4, -0.2) is 40.8 Å². The zero-order valence-corrected chi connectivity index (χ0v) is 15.8. The molecule has 2 fully saturated rings. The summed E-state index contributed by atoms with van der Waals surface area (Å²) in [5.41, 5.74) is 1.79. The Morgan fingerprint density at radius 2 is 2.00 bits per heavy atom. The minimum atomic E-state index is 0.0600. The van der Waals surface area contributed by atoms with Crippen LogP contribution in [0.2, 0.25) is 0 Å². The van der Waals surface area contributed by atoms with Crippen molar-refractivity contribution >= 4 is 17.0 Å². The Morgan fingerprint density at radius 3 is 2.73 bits per heavy atom. The molecule has 6 nitrogen and oxygen atoms in total. The summed E-state index contributed by atoms with van der Waals surface area (Å²) in [7, 11) is 2.01. The number of anilines is 1. The van der Waals surface area contributed by atoms with Crippen LogP contribution in [0.5, 0.6) is 0 Å². The van der Waals surface area contributed by atoms with E-state index in [0.717, 1.165) is 55.4 Å². The number of fused-ring (bicyclic) bond motifs is 1. The van der Waals surface area contributed by atoms with Crippen molar-refractivity contribution in [1.29, 1.82) is 0 Å². The van der Waals surface area contributed by atoms with E-state index in [0.29, 0.717) is 5.95 Å². The number of aromatic nitrogens is 3. The fourth-order valence-corrected chi connectivity index (χ4v) is 4.30. The standard InChI is InChI=1S/C20H28N4O2/c1-14-11-18(25)24(15-7-3-4-8-15)19-17(14)12-21-20(22-19)23(2)13-16-9-5-6-10-26-16/h11-12,15-16H,3-10,13H2,1-2H3. The first-order valence-electron chi connectivity index (χ1n) is 9.85. The molecule has 2 aromatic heterocycles. The third-order valence-corrected chi connectivity index (χ3v) is 5.77. The molecule has 1 saturated carbocycles. The molecule has 4 rings (SSSR count). The van der Waals surface area contributed by atoms with Crippen molar-refractivity contribution in [3.8, 4) is 0 Å². The van der Waals surface area contributed by atoms with Gasteiger partial charge in [0.1, 0.15) is 5.65 Å². The Labute approximate surface area is 154 Å². The first-order chi connectivity index (χ1) is 12.6. The number of aryl methyl sites for hydroxylation is 1. The Morgan fingerprint density at radius 1 is 1.23 bits per heavy atom. The fraction of sp³-hybridized carbons (Fsp3) is 0.650. The predicted octanol–water partition coefficient (Wildman–Crippen LogP) is 3.22. The number of pyridine rings is 1. The smallest absolute Gasteiger partial charge is 0.252 e. The lowest BCUT2D eigenvalue weighted by Gasteiger charge is -2.27. The number of likely N-dealkylation sites (N-methyl/N-ethyl adjacent to an activating group) is 1. The summed E-state index contributed by atoms with van der Waals surface area (Å²) < 4.78 is 7.76. The van der Waals surface area contributed by atoms with Gasteiger partial charge in [0, 0.05) is 43.9 Å². The summed E-state index contributed by atoms with van der Waals surface area (Å²) in [5, 5.41) is 0.975. The summed E-state index contributed by atoms with van der Waals surface area (Å²) in [6.07, 6.45) is 10.1. The molecule has 1 saturated heterocycles. The molecule has 0 spiro atoms. The van der Waals surface area contributed by atoms with Gasteiger partial charge >= 0.3 is 0 Å². The Hall–Kier alpha value is -1.95. The normalized spacial score (nSPS) is 21.4. The minimum absolute atomic E-state index is 0.0600. The van der Waals surface area contributed by atoms with Gasteiger partial charge in [-0.3, -0.25) is 9.36 Å². The molecule has 26 heavy (non-hydrogen) atoms. The quantitative estimate of drug-likeness (QED) is 0.842. The minimum Gasteiger partial charge on any atom is -0.376 e. The number of ether oxygens (including phenoxy) is 1. The fourth-order valence-electron chi connectivity index (χ4n) is 4.30. The SMILES string of the molecule is Cc1cc(=O)n(C2CCCC2)c2nc(N(C)CC3CCCCO3)ncc12. The molecule has 1 unspecified atom stereocenters. The van der Waals surface area contributed by atoms with Crippen LogP contribution in [0.25, 0.3) is 11.0 Å². The lowest BCUT2D eigenvalue weighted by Crippen LogP contribution is -2.34. The molecule has 6 heteroatoms. The Balaban J connectivity index is 1.70. The Kier molecular flexibility index (Phi) is 4.94. The van der Waals surface area contributed by atoms with E-state index in [2.05, 4.69) is 9.88 Å². The second-order valence-corrected chi connectivity index (χ2v) is 7.75. The van der Waals surface area contributed by atoms with Gasteiger partial charge in [-0.1, -0.05) is 12.8 Å². The van der Waals surface area contributed by atoms with Gasteiger partial charge in [0.05, 0.1) is 6.10 Å². The summed E-state index contributed by atoms with van der Waals surface area (Å²) in [6.45, 7) is 3.59. The van der Waals surface area contributed by atoms with Crippen LogP contribution in [0.4, 0.5) is 5.95 Å². The van der Waals surface area contributed by atoms with Crippen molar-refractivity contribution in [2.75, 3.05) is 25.1 Å². The number of hydrogen-bond donors (Lipinski definition) is 0. The monoisotopic (exact) mass is 356 g/mol. The molecule has 1 atom stereocenters. The molecular weight excluding hydrogens is 328 g/mol. The molecule has 0 amide bonds. The van der Waals surface area contributed by atoms with E-state index in [1.54, 1.807) is 6.07 Å². The average Bonchev–Trinajstić information content (AvgIpc) is 3.16. The third-order valence-electron chi connectivity index (χ3n) is 5.77. The van der Waals surface area contributed by atoms with Crippen molar-refractivity contribution < 1.29 is 4.74 Å². The number of rotatable bonds is 4. The van der Waals surface area contributed by atoms with E-state index in [-0.39, 0.29) is 17.7 Å². The molecule has 140 valence electrons. The maximum atomic E-state index is 12.7. The largest absolute Gasteiger partial charge is 0.376 e. The van der Waals surface area contributed by atoms with Crippen molar-refractivity contribution in [2.24, 2.45) is 0 Å². The Bertz CT molecular complexity index is 836. The van der Waals surface area contributed by atoms with Crippen LogP contribution in [0, 0.1) is 6.92 Å². The van der Waals surface area contributed by atoms with E-state index in [4.69, 9.17) is 9.72 Å². The van der Waals surface area contributed by atoms with Gasteiger partial charge in [0.2, 0.25) is 5.95 Å². The van der Waals surface area contributed by atoms with Gasteiger partial charge < -0.3 is 9.64 Å². The van der Waals surface area contributed by atoms with Crippen LogP contribution in [0.1, 0.15) is 56.6 Å². The highest BCUT2D eigenvalue weighted by Gasteiger charge is 2.23. The molecule has 2 aliphatic rings. The highest BCUT2D eigenvalue weighted by atomic mass is 16.5. The highest BCUT2D eigenvalue weighted by Crippen LogP contribution is 2.31. The second-order valence-electron chi connectivity index (χ2n) is 7.75. The first-order valence-corrected chi connectivity index (χ1v) is 9.85. The van der Waals surface area contributed by atoms with Crippen molar-refractivity contribution in [1.82, 2.24) is 14.5 Å². The van der Waals surface area contributed by atoms with Crippen LogP contribution < -0.4 is 10.5 Å². The van der Waals surface area contributed by atoms with E-state index in [1.807, 2.05) is 24.7 Å².